The van der Waals surface area contributed by atoms with Crippen LogP contribution in [0.4, 0.5) is 0 Å². The maximum atomic E-state index is 12.5. The number of nitrogens with zero attached hydrogens (tertiary/aromatic N) is 2. The topological polar surface area (TPSA) is 59.2 Å². The fraction of sp³-hybridized carbons (Fsp3) is 0.412. The number of aryl methyl sites for hydroxylation is 1. The Morgan fingerprint density at radius 3 is 2.83 bits per heavy atom. The van der Waals surface area contributed by atoms with Crippen molar-refractivity contribution in [2.45, 2.75) is 24.0 Å². The van der Waals surface area contributed by atoms with E-state index in [2.05, 4.69) is 10.4 Å². The maximum absolute atomic E-state index is 12.5. The Hall–Kier alpha value is -1.37. The Morgan fingerprint density at radius 1 is 1.43 bits per heavy atom. The van der Waals surface area contributed by atoms with Gasteiger partial charge in [-0.05, 0) is 50.1 Å². The van der Waals surface area contributed by atoms with E-state index in [1.54, 1.807) is 23.1 Å². The van der Waals surface area contributed by atoms with Gasteiger partial charge in [-0.25, -0.2) is 4.98 Å². The van der Waals surface area contributed by atoms with Gasteiger partial charge in [-0.1, -0.05) is 0 Å². The van der Waals surface area contributed by atoms with E-state index in [1.807, 2.05) is 36.1 Å². The van der Waals surface area contributed by atoms with Gasteiger partial charge in [-0.15, -0.1) is 23.1 Å². The predicted molar refractivity (Wildman–Crippen MR) is 95.9 cm³/mol. The number of amides is 1. The minimum absolute atomic E-state index is 0.118. The highest BCUT2D eigenvalue weighted by molar-refractivity contribution is 7.98. The van der Waals surface area contributed by atoms with Crippen molar-refractivity contribution in [3.8, 4) is 0 Å². The standard InChI is InChI=1S/C17H21N3OS2/c1-12-19-15(10-22-12)11-23-16-4-2-14(3-5-16)17(21)20-7-6-13(8-18)9-20/h2-5,10,13H,6-9,11,18H2,1H3. The number of benzene rings is 1. The number of thioether (sulfide) groups is 1. The minimum Gasteiger partial charge on any atom is -0.338 e. The molecule has 2 N–H and O–H groups in total. The zero-order valence-electron chi connectivity index (χ0n) is 13.2. The van der Waals surface area contributed by atoms with Gasteiger partial charge in [0.1, 0.15) is 0 Å². The van der Waals surface area contributed by atoms with Crippen molar-refractivity contribution in [3.05, 3.63) is 45.9 Å². The monoisotopic (exact) mass is 347 g/mol. The summed E-state index contributed by atoms with van der Waals surface area (Å²) in [6, 6.07) is 7.89. The molecule has 1 unspecified atom stereocenters. The van der Waals surface area contributed by atoms with E-state index in [1.165, 1.54) is 0 Å². The zero-order valence-corrected chi connectivity index (χ0v) is 14.8. The lowest BCUT2D eigenvalue weighted by atomic mass is 10.1. The van der Waals surface area contributed by atoms with Crippen LogP contribution in [0, 0.1) is 12.8 Å². The van der Waals surface area contributed by atoms with E-state index in [9.17, 15) is 4.79 Å². The van der Waals surface area contributed by atoms with Gasteiger partial charge in [0, 0.05) is 34.7 Å². The van der Waals surface area contributed by atoms with Crippen LogP contribution in [-0.2, 0) is 5.75 Å². The number of aromatic nitrogens is 1. The molecule has 2 heterocycles. The highest BCUT2D eigenvalue weighted by Gasteiger charge is 2.25. The summed E-state index contributed by atoms with van der Waals surface area (Å²) in [5.74, 6) is 1.44. The Morgan fingerprint density at radius 2 is 2.22 bits per heavy atom. The third-order valence-corrected chi connectivity index (χ3v) is 5.93. The second-order valence-corrected chi connectivity index (χ2v) is 7.92. The summed E-state index contributed by atoms with van der Waals surface area (Å²) < 4.78 is 0. The fourth-order valence-electron chi connectivity index (χ4n) is 2.72. The van der Waals surface area contributed by atoms with E-state index < -0.39 is 0 Å². The molecule has 122 valence electrons. The highest BCUT2D eigenvalue weighted by Crippen LogP contribution is 2.25. The van der Waals surface area contributed by atoms with E-state index in [4.69, 9.17) is 5.73 Å². The second-order valence-electron chi connectivity index (χ2n) is 5.81. The quantitative estimate of drug-likeness (QED) is 0.844. The lowest BCUT2D eigenvalue weighted by Crippen LogP contribution is -2.29. The molecule has 1 aliphatic heterocycles. The molecule has 1 aliphatic rings. The molecule has 0 saturated carbocycles. The number of rotatable bonds is 5. The van der Waals surface area contributed by atoms with Crippen molar-refractivity contribution in [3.63, 3.8) is 0 Å². The van der Waals surface area contributed by atoms with E-state index in [-0.39, 0.29) is 5.91 Å². The van der Waals surface area contributed by atoms with E-state index in [0.717, 1.165) is 46.4 Å². The van der Waals surface area contributed by atoms with Crippen molar-refractivity contribution in [1.29, 1.82) is 0 Å². The summed E-state index contributed by atoms with van der Waals surface area (Å²) in [4.78, 5) is 20.0. The first kappa shape index (κ1) is 16.5. The number of carbonyl (C=O) groups excluding carboxylic acids is 1. The molecule has 4 nitrogen and oxygen atoms in total. The van der Waals surface area contributed by atoms with Gasteiger partial charge in [-0.3, -0.25) is 4.79 Å². The number of likely N-dealkylation sites (tertiary alicyclic amines) is 1. The fourth-order valence-corrected chi connectivity index (χ4v) is 4.23. The molecular weight excluding hydrogens is 326 g/mol. The average Bonchev–Trinajstić information content (AvgIpc) is 3.21. The van der Waals surface area contributed by atoms with Crippen LogP contribution in [0.3, 0.4) is 0 Å². The molecular formula is C17H21N3OS2. The Bertz CT molecular complexity index is 669. The molecule has 1 saturated heterocycles. The molecule has 1 amide bonds. The minimum atomic E-state index is 0.118. The molecule has 3 rings (SSSR count). The van der Waals surface area contributed by atoms with Gasteiger partial charge < -0.3 is 10.6 Å². The van der Waals surface area contributed by atoms with Crippen LogP contribution in [0.2, 0.25) is 0 Å². The number of hydrogen-bond donors (Lipinski definition) is 1. The van der Waals surface area contributed by atoms with Crippen molar-refractivity contribution in [2.75, 3.05) is 19.6 Å². The van der Waals surface area contributed by atoms with Gasteiger partial charge in [0.25, 0.3) is 5.91 Å². The van der Waals surface area contributed by atoms with Gasteiger partial charge in [0.05, 0.1) is 10.7 Å². The molecule has 1 aromatic heterocycles. The first-order valence-electron chi connectivity index (χ1n) is 7.79. The maximum Gasteiger partial charge on any atom is 0.253 e. The number of hydrogen-bond acceptors (Lipinski definition) is 5. The number of nitrogens with two attached hydrogens (primary N) is 1. The average molecular weight is 348 g/mol. The highest BCUT2D eigenvalue weighted by atomic mass is 32.2. The van der Waals surface area contributed by atoms with Crippen molar-refractivity contribution in [2.24, 2.45) is 11.7 Å². The molecule has 0 spiro atoms. The third-order valence-electron chi connectivity index (χ3n) is 4.06. The van der Waals surface area contributed by atoms with Crippen LogP contribution >= 0.6 is 23.1 Å². The number of thiazole rings is 1. The lowest BCUT2D eigenvalue weighted by molar-refractivity contribution is 0.0787. The van der Waals surface area contributed by atoms with Crippen LogP contribution in [0.5, 0.6) is 0 Å². The SMILES string of the molecule is Cc1nc(CSc2ccc(C(=O)N3CCC(CN)C3)cc2)cs1. The Kier molecular flexibility index (Phi) is 5.35. The van der Waals surface area contributed by atoms with Crippen LogP contribution in [0.15, 0.2) is 34.5 Å². The third kappa shape index (κ3) is 4.13. The largest absolute Gasteiger partial charge is 0.338 e. The van der Waals surface area contributed by atoms with Crippen LogP contribution in [0.25, 0.3) is 0 Å². The van der Waals surface area contributed by atoms with Crippen molar-refractivity contribution < 1.29 is 4.79 Å². The summed E-state index contributed by atoms with van der Waals surface area (Å²) in [6.07, 6.45) is 1.02. The summed E-state index contributed by atoms with van der Waals surface area (Å²) >= 11 is 3.42. The summed E-state index contributed by atoms with van der Waals surface area (Å²) in [5, 5.41) is 3.20. The van der Waals surface area contributed by atoms with Crippen LogP contribution < -0.4 is 5.73 Å². The van der Waals surface area contributed by atoms with Gasteiger partial charge in [-0.2, -0.15) is 0 Å². The lowest BCUT2D eigenvalue weighted by Gasteiger charge is -2.16. The first-order valence-corrected chi connectivity index (χ1v) is 9.65. The van der Waals surface area contributed by atoms with Gasteiger partial charge in [0.2, 0.25) is 0 Å². The molecule has 0 aliphatic carbocycles. The second kappa shape index (κ2) is 7.47. The molecule has 23 heavy (non-hydrogen) atoms. The summed E-state index contributed by atoms with van der Waals surface area (Å²) in [5.41, 5.74) is 7.57. The van der Waals surface area contributed by atoms with Gasteiger partial charge in [0.15, 0.2) is 0 Å². The van der Waals surface area contributed by atoms with E-state index >= 15 is 0 Å². The molecule has 1 atom stereocenters. The molecule has 0 bridgehead atoms. The zero-order chi connectivity index (χ0) is 16.2. The summed E-state index contributed by atoms with van der Waals surface area (Å²) in [7, 11) is 0. The Labute approximate surface area is 145 Å². The smallest absolute Gasteiger partial charge is 0.253 e. The molecule has 1 fully saturated rings. The van der Waals surface area contributed by atoms with E-state index in [0.29, 0.717) is 12.5 Å². The van der Waals surface area contributed by atoms with Crippen molar-refractivity contribution in [1.82, 2.24) is 9.88 Å². The summed E-state index contributed by atoms with van der Waals surface area (Å²) in [6.45, 7) is 4.29. The molecule has 1 aromatic carbocycles. The molecule has 6 heteroatoms. The van der Waals surface area contributed by atoms with Crippen LogP contribution in [0.1, 0.15) is 27.5 Å². The first-order chi connectivity index (χ1) is 11.2. The predicted octanol–water partition coefficient (Wildman–Crippen LogP) is 3.16. The van der Waals surface area contributed by atoms with Crippen LogP contribution in [-0.4, -0.2) is 35.4 Å². The van der Waals surface area contributed by atoms with Gasteiger partial charge >= 0.3 is 0 Å². The van der Waals surface area contributed by atoms with Crippen molar-refractivity contribution >= 4 is 29.0 Å². The number of carbonyl (C=O) groups is 1. The molecule has 0 radical (unpaired) electrons. The molecule has 2 aromatic rings. The normalized spacial score (nSPS) is 17.7. The Balaban J connectivity index is 1.57.